The molecule has 0 bridgehead atoms. The predicted octanol–water partition coefficient (Wildman–Crippen LogP) is 3.69. The van der Waals surface area contributed by atoms with Crippen LogP contribution in [0, 0.1) is 18.8 Å². The van der Waals surface area contributed by atoms with Gasteiger partial charge in [-0.25, -0.2) is 14.5 Å². The van der Waals surface area contributed by atoms with Crippen molar-refractivity contribution in [1.29, 1.82) is 0 Å². The average molecular weight is 566 g/mol. The van der Waals surface area contributed by atoms with Gasteiger partial charge in [0.15, 0.2) is 5.65 Å². The number of nitrogens with zero attached hydrogens (tertiary/aromatic N) is 6. The van der Waals surface area contributed by atoms with Crippen LogP contribution in [0.5, 0.6) is 0 Å². The van der Waals surface area contributed by atoms with Gasteiger partial charge in [-0.05, 0) is 50.2 Å². The normalized spacial score (nSPS) is 11.9. The zero-order valence-corrected chi connectivity index (χ0v) is 23.3. The summed E-state index contributed by atoms with van der Waals surface area (Å²) in [4.78, 5) is 37.1. The summed E-state index contributed by atoms with van der Waals surface area (Å²) in [6.45, 7) is 3.57. The second kappa shape index (κ2) is 10.4. The number of fused-ring (bicyclic) bond motifs is 3. The van der Waals surface area contributed by atoms with E-state index in [1.54, 1.807) is 47.5 Å². The molecule has 7 rings (SSSR count). The molecule has 0 fully saturated rings. The topological polar surface area (TPSA) is 114 Å². The van der Waals surface area contributed by atoms with Crippen LogP contribution in [0.3, 0.4) is 0 Å². The molecule has 5 aromatic heterocycles. The summed E-state index contributed by atoms with van der Waals surface area (Å²) in [5.74, 6) is 6.44. The van der Waals surface area contributed by atoms with Gasteiger partial charge < -0.3 is 5.32 Å². The molecule has 10 heteroatoms. The first kappa shape index (κ1) is 25.9. The van der Waals surface area contributed by atoms with E-state index in [1.165, 1.54) is 0 Å². The van der Waals surface area contributed by atoms with Crippen LogP contribution in [0.1, 0.15) is 46.0 Å². The minimum atomic E-state index is -0.638. The highest BCUT2D eigenvalue weighted by atomic mass is 16.2. The molecule has 10 nitrogen and oxygen atoms in total. The van der Waals surface area contributed by atoms with Gasteiger partial charge in [-0.3, -0.25) is 14.2 Å². The second-order valence-electron chi connectivity index (χ2n) is 10.1. The van der Waals surface area contributed by atoms with Crippen molar-refractivity contribution in [2.24, 2.45) is 0 Å². The highest BCUT2D eigenvalue weighted by Crippen LogP contribution is 2.22. The van der Waals surface area contributed by atoms with E-state index in [1.807, 2.05) is 77.6 Å². The number of para-hydroxylation sites is 1. The van der Waals surface area contributed by atoms with Crippen LogP contribution in [0.4, 0.5) is 0 Å². The number of pyridine rings is 1. The van der Waals surface area contributed by atoms with Crippen molar-refractivity contribution in [2.45, 2.75) is 19.9 Å². The smallest absolute Gasteiger partial charge is 0.267 e. The number of aryl methyl sites for hydroxylation is 1. The van der Waals surface area contributed by atoms with Crippen LogP contribution in [0.25, 0.3) is 27.8 Å². The molecule has 2 aromatic carbocycles. The second-order valence-corrected chi connectivity index (χ2v) is 10.1. The summed E-state index contributed by atoms with van der Waals surface area (Å²) in [6, 6.07) is 21.7. The molecule has 0 spiro atoms. The Bertz CT molecular complexity index is 2300. The molecule has 0 radical (unpaired) electrons. The quantitative estimate of drug-likeness (QED) is 0.250. The van der Waals surface area contributed by atoms with Crippen molar-refractivity contribution in [3.63, 3.8) is 0 Å². The Labute approximate surface area is 245 Å². The van der Waals surface area contributed by atoms with Crippen molar-refractivity contribution in [3.8, 4) is 17.5 Å². The SMILES string of the molecule is Cc1nn2cccnc2c1C(=O)N[C@H](C)c1nc2cccc(C#Cc3c[nH][n+]4ccccc34)c2c(=O)n1-c1ccccc1. The Kier molecular flexibility index (Phi) is 6.25. The van der Waals surface area contributed by atoms with Crippen LogP contribution in [-0.2, 0) is 0 Å². The molecule has 0 aliphatic heterocycles. The first-order chi connectivity index (χ1) is 21.0. The van der Waals surface area contributed by atoms with Crippen molar-refractivity contribution in [3.05, 3.63) is 136 Å². The van der Waals surface area contributed by atoms with Crippen LogP contribution >= 0.6 is 0 Å². The summed E-state index contributed by atoms with van der Waals surface area (Å²) in [6.07, 6.45) is 7.10. The molecule has 43 heavy (non-hydrogen) atoms. The number of amides is 1. The number of carbonyl (C=O) groups is 1. The first-order valence-corrected chi connectivity index (χ1v) is 13.7. The molecule has 2 N–H and O–H groups in total. The van der Waals surface area contributed by atoms with E-state index in [0.717, 1.165) is 11.1 Å². The van der Waals surface area contributed by atoms with E-state index in [4.69, 9.17) is 4.98 Å². The Hall–Kier alpha value is -6.08. The number of benzene rings is 2. The monoisotopic (exact) mass is 565 g/mol. The Morgan fingerprint density at radius 2 is 1.81 bits per heavy atom. The Morgan fingerprint density at radius 3 is 2.67 bits per heavy atom. The van der Waals surface area contributed by atoms with Crippen molar-refractivity contribution in [1.82, 2.24) is 34.6 Å². The van der Waals surface area contributed by atoms with Crippen LogP contribution in [-0.4, -0.2) is 35.2 Å². The van der Waals surface area contributed by atoms with Gasteiger partial charge in [0.05, 0.1) is 34.5 Å². The summed E-state index contributed by atoms with van der Waals surface area (Å²) < 4.78 is 4.99. The molecule has 1 amide bonds. The minimum absolute atomic E-state index is 0.278. The Morgan fingerprint density at radius 1 is 1.00 bits per heavy atom. The number of rotatable bonds is 4. The van der Waals surface area contributed by atoms with Crippen LogP contribution < -0.4 is 15.4 Å². The maximum Gasteiger partial charge on any atom is 0.267 e. The zero-order valence-electron chi connectivity index (χ0n) is 23.3. The van der Waals surface area contributed by atoms with Gasteiger partial charge in [0.1, 0.15) is 17.0 Å². The van der Waals surface area contributed by atoms with Gasteiger partial charge in [-0.1, -0.05) is 40.6 Å². The highest BCUT2D eigenvalue weighted by Gasteiger charge is 2.24. The number of H-pyrrole nitrogens is 1. The molecule has 0 aliphatic carbocycles. The molecular weight excluding hydrogens is 540 g/mol. The molecule has 5 heterocycles. The van der Waals surface area contributed by atoms with Gasteiger partial charge in [0.2, 0.25) is 6.20 Å². The van der Waals surface area contributed by atoms with Crippen LogP contribution in [0.2, 0.25) is 0 Å². The number of carbonyl (C=O) groups excluding carboxylic acids is 1. The first-order valence-electron chi connectivity index (χ1n) is 13.7. The Balaban J connectivity index is 1.35. The number of nitrogens with one attached hydrogen (secondary N) is 2. The summed E-state index contributed by atoms with van der Waals surface area (Å²) in [7, 11) is 0. The molecule has 7 aromatic rings. The molecule has 0 saturated carbocycles. The third-order valence-electron chi connectivity index (χ3n) is 7.29. The fourth-order valence-corrected chi connectivity index (χ4v) is 5.28. The third-order valence-corrected chi connectivity index (χ3v) is 7.29. The zero-order chi connectivity index (χ0) is 29.5. The van der Waals surface area contributed by atoms with Gasteiger partial charge in [-0.2, -0.15) is 10.2 Å². The lowest BCUT2D eigenvalue weighted by Gasteiger charge is -2.20. The number of hydrogen-bond acceptors (Lipinski definition) is 5. The van der Waals surface area contributed by atoms with Crippen molar-refractivity contribution in [2.75, 3.05) is 0 Å². The lowest BCUT2D eigenvalue weighted by molar-refractivity contribution is -0.576. The fourth-order valence-electron chi connectivity index (χ4n) is 5.28. The van der Waals surface area contributed by atoms with Gasteiger partial charge in [0, 0.05) is 30.1 Å². The van der Waals surface area contributed by atoms with E-state index >= 15 is 0 Å². The maximum absolute atomic E-state index is 14.3. The number of aromatic nitrogens is 7. The summed E-state index contributed by atoms with van der Waals surface area (Å²) in [5, 5.41) is 11.0. The van der Waals surface area contributed by atoms with Gasteiger partial charge in [-0.15, -0.1) is 0 Å². The standard InChI is InChI=1S/C33H24N8O2/c1-21-28(31-34-17-9-19-40(31)38-21)32(42)36-22(2)30-37-26-13-8-10-23(15-16-24-20-35-39-18-7-6-14-27(24)39)29(26)33(43)41(30)25-11-4-3-5-12-25/h3-14,17-20,22H,1-2H3,(H,36,42)/p+1/t22-/m1/s1. The van der Waals surface area contributed by atoms with E-state index in [-0.39, 0.29) is 11.5 Å². The van der Waals surface area contributed by atoms with Crippen molar-refractivity contribution < 1.29 is 9.31 Å². The van der Waals surface area contributed by atoms with E-state index in [2.05, 4.69) is 32.3 Å². The third kappa shape index (κ3) is 4.49. The molecule has 208 valence electrons. The maximum atomic E-state index is 14.3. The molecule has 0 saturated heterocycles. The molecular formula is C33H25N8O2+. The van der Waals surface area contributed by atoms with E-state index in [9.17, 15) is 9.59 Å². The summed E-state index contributed by atoms with van der Waals surface area (Å²) >= 11 is 0. The van der Waals surface area contributed by atoms with Gasteiger partial charge in [0.25, 0.3) is 17.0 Å². The molecule has 0 aliphatic rings. The van der Waals surface area contributed by atoms with E-state index < -0.39 is 6.04 Å². The number of hydrogen-bond donors (Lipinski definition) is 2. The highest BCUT2D eigenvalue weighted by molar-refractivity contribution is 6.01. The fraction of sp³-hybridized carbons (Fsp3) is 0.0909. The number of aromatic amines is 1. The van der Waals surface area contributed by atoms with E-state index in [0.29, 0.717) is 44.9 Å². The largest absolute Gasteiger partial charge is 0.342 e. The molecule has 0 unspecified atom stereocenters. The lowest BCUT2D eigenvalue weighted by Crippen LogP contribution is -2.33. The predicted molar refractivity (Wildman–Crippen MR) is 161 cm³/mol. The molecule has 1 atom stereocenters. The minimum Gasteiger partial charge on any atom is -0.342 e. The average Bonchev–Trinajstić information content (AvgIpc) is 3.60. The van der Waals surface area contributed by atoms with Crippen LogP contribution in [0.15, 0.2) is 102 Å². The van der Waals surface area contributed by atoms with Crippen molar-refractivity contribution >= 4 is 28.0 Å². The lowest BCUT2D eigenvalue weighted by atomic mass is 10.1. The summed E-state index contributed by atoms with van der Waals surface area (Å²) in [5.41, 5.74) is 4.50. The van der Waals surface area contributed by atoms with Gasteiger partial charge >= 0.3 is 0 Å².